The van der Waals surface area contributed by atoms with Crippen molar-refractivity contribution < 1.29 is 80.8 Å². The molecule has 0 aliphatic rings. The monoisotopic (exact) mass is 430 g/mol. The lowest BCUT2D eigenvalue weighted by molar-refractivity contribution is -0.451. The molecule has 0 saturated carbocycles. The number of hydrogen-bond donors (Lipinski definition) is 1. The minimum Gasteiger partial charge on any atom is -0.294 e. The van der Waals surface area contributed by atoms with Gasteiger partial charge in [0, 0.05) is 0 Å². The molecule has 0 amide bonds. The van der Waals surface area contributed by atoms with Crippen molar-refractivity contribution in [3.63, 3.8) is 0 Å². The van der Waals surface area contributed by atoms with E-state index in [9.17, 15) is 70.7 Å². The smallest absolute Gasteiger partial charge is 0.294 e. The van der Waals surface area contributed by atoms with Crippen LogP contribution in [0.2, 0.25) is 0 Å². The van der Waals surface area contributed by atoms with Gasteiger partial charge in [-0.15, -0.1) is 0 Å². The first-order chi connectivity index (χ1) is 11.0. The molecule has 0 aliphatic carbocycles. The minimum absolute atomic E-state index is 1.85. The van der Waals surface area contributed by atoms with Gasteiger partial charge >= 0.3 is 47.7 Å². The molecule has 0 aromatic rings. The van der Waals surface area contributed by atoms with Gasteiger partial charge in [-0.3, -0.25) is 4.89 Å². The highest BCUT2D eigenvalue weighted by molar-refractivity contribution is 5.78. The molecular weight excluding hydrogens is 429 g/mol. The van der Waals surface area contributed by atoms with Gasteiger partial charge in [0.1, 0.15) is 0 Å². The molecule has 0 saturated heterocycles. The second kappa shape index (κ2) is 5.95. The molecule has 0 heterocycles. The number of carbonyl (C=O) groups excluding carboxylic acids is 1. The van der Waals surface area contributed by atoms with Gasteiger partial charge in [0.2, 0.25) is 0 Å². The van der Waals surface area contributed by atoms with E-state index in [-0.39, 0.29) is 0 Å². The van der Waals surface area contributed by atoms with E-state index in [0.717, 1.165) is 0 Å². The highest BCUT2D eigenvalue weighted by atomic mass is 19.4. The number of rotatable bonds is 6. The fourth-order valence-electron chi connectivity index (χ4n) is 1.15. The lowest BCUT2D eigenvalue weighted by Crippen LogP contribution is -2.73. The van der Waals surface area contributed by atoms with Gasteiger partial charge in [-0.05, 0) is 0 Å². The molecule has 0 spiro atoms. The van der Waals surface area contributed by atoms with Gasteiger partial charge in [0.15, 0.2) is 0 Å². The normalized spacial score (nSPS) is 15.8. The van der Waals surface area contributed by atoms with Crippen molar-refractivity contribution in [2.45, 2.75) is 41.7 Å². The van der Waals surface area contributed by atoms with Crippen molar-refractivity contribution in [2.24, 2.45) is 0 Å². The Morgan fingerprint density at radius 3 is 1.08 bits per heavy atom. The van der Waals surface area contributed by atoms with Crippen molar-refractivity contribution in [1.29, 1.82) is 0 Å². The van der Waals surface area contributed by atoms with Crippen LogP contribution in [-0.2, 0) is 9.68 Å². The maximum atomic E-state index is 12.9. The van der Waals surface area contributed by atoms with Crippen LogP contribution in [0.1, 0.15) is 0 Å². The molecule has 0 aromatic carbocycles. The topological polar surface area (TPSA) is 46.5 Å². The van der Waals surface area contributed by atoms with Crippen LogP contribution in [0.5, 0.6) is 0 Å². The lowest BCUT2D eigenvalue weighted by atomic mass is 9.91. The van der Waals surface area contributed by atoms with Crippen molar-refractivity contribution >= 4 is 5.97 Å². The van der Waals surface area contributed by atoms with Crippen LogP contribution < -0.4 is 0 Å². The van der Waals surface area contributed by atoms with Crippen LogP contribution in [0.15, 0.2) is 0 Å². The van der Waals surface area contributed by atoms with E-state index >= 15 is 0 Å². The molecular formula is C8HF15O3. The van der Waals surface area contributed by atoms with Gasteiger partial charge < -0.3 is 0 Å². The Morgan fingerprint density at radius 1 is 0.538 bits per heavy atom. The largest absolute Gasteiger partial charge is 0.460 e. The van der Waals surface area contributed by atoms with E-state index in [1.165, 1.54) is 0 Å². The number of hydrogen-bond acceptors (Lipinski definition) is 3. The number of alkyl halides is 15. The molecule has 1 N–H and O–H groups in total. The zero-order valence-corrected chi connectivity index (χ0v) is 10.9. The number of carbonyl (C=O) groups is 1. The Hall–Kier alpha value is -1.62. The molecule has 156 valence electrons. The first-order valence-corrected chi connectivity index (χ1v) is 5.18. The van der Waals surface area contributed by atoms with Gasteiger partial charge in [0.05, 0.1) is 0 Å². The third-order valence-corrected chi connectivity index (χ3v) is 2.67. The molecule has 0 bridgehead atoms. The average Bonchev–Trinajstić information content (AvgIpc) is 2.43. The Morgan fingerprint density at radius 2 is 0.808 bits per heavy atom. The predicted molar refractivity (Wildman–Crippen MR) is 44.5 cm³/mol. The fourth-order valence-corrected chi connectivity index (χ4v) is 1.15. The predicted octanol–water partition coefficient (Wildman–Crippen LogP) is 4.38. The molecule has 0 aliphatic heterocycles. The second-order valence-electron chi connectivity index (χ2n) is 4.32. The zero-order valence-electron chi connectivity index (χ0n) is 10.9. The summed E-state index contributed by atoms with van der Waals surface area (Å²) in [5, 5.41) is 7.39. The van der Waals surface area contributed by atoms with Crippen molar-refractivity contribution in [3.05, 3.63) is 0 Å². The summed E-state index contributed by atoms with van der Waals surface area (Å²) >= 11 is 0. The van der Waals surface area contributed by atoms with Crippen molar-refractivity contribution in [1.82, 2.24) is 0 Å². The summed E-state index contributed by atoms with van der Waals surface area (Å²) < 4.78 is 188. The Bertz CT molecular complexity index is 548. The van der Waals surface area contributed by atoms with Crippen molar-refractivity contribution in [3.8, 4) is 0 Å². The Balaban J connectivity index is 6.56. The van der Waals surface area contributed by atoms with Gasteiger partial charge in [-0.2, -0.15) is 71.1 Å². The van der Waals surface area contributed by atoms with E-state index in [1.54, 1.807) is 0 Å². The fraction of sp³-hybridized carbons (Fsp3) is 0.875. The van der Waals surface area contributed by atoms with Gasteiger partial charge in [-0.25, -0.2) is 4.79 Å². The molecule has 0 atom stereocenters. The van der Waals surface area contributed by atoms with E-state index in [2.05, 4.69) is 0 Å². The van der Waals surface area contributed by atoms with Crippen LogP contribution in [0.25, 0.3) is 0 Å². The molecule has 0 rings (SSSR count). The third-order valence-electron chi connectivity index (χ3n) is 2.67. The summed E-state index contributed by atoms with van der Waals surface area (Å²) in [5.74, 6) is -52.8. The number of halogens is 15. The molecule has 3 nitrogen and oxygen atoms in total. The summed E-state index contributed by atoms with van der Waals surface area (Å²) in [6.07, 6.45) is -7.71. The minimum atomic E-state index is -8.50. The van der Waals surface area contributed by atoms with Crippen LogP contribution in [0.4, 0.5) is 65.9 Å². The molecule has 0 radical (unpaired) electrons. The summed E-state index contributed by atoms with van der Waals surface area (Å²) in [4.78, 5) is 11.9. The average molecular weight is 430 g/mol. The zero-order chi connectivity index (χ0) is 21.8. The summed E-state index contributed by atoms with van der Waals surface area (Å²) in [5.41, 5.74) is 0. The standard InChI is InChI=1S/C8HF15O3/c9-2(10,1(24)26-25)3(11,12)4(13,14)5(15,16)6(17,18)7(19,20)8(21,22)23/h25H. The molecule has 0 aromatic heterocycles. The highest BCUT2D eigenvalue weighted by Gasteiger charge is 2.94. The molecule has 0 unspecified atom stereocenters. The quantitative estimate of drug-likeness (QED) is 0.387. The van der Waals surface area contributed by atoms with Crippen LogP contribution in [0.3, 0.4) is 0 Å². The molecule has 18 heteroatoms. The summed E-state index contributed by atoms with van der Waals surface area (Å²) in [6, 6.07) is 0. The van der Waals surface area contributed by atoms with Gasteiger partial charge in [0.25, 0.3) is 0 Å². The first kappa shape index (κ1) is 24.4. The van der Waals surface area contributed by atoms with Crippen LogP contribution in [-0.4, -0.2) is 52.9 Å². The SMILES string of the molecule is O=C(OO)C(F)(F)C(F)(F)C(F)(F)C(F)(F)C(F)(F)C(F)(F)C(F)(F)F. The Kier molecular flexibility index (Phi) is 5.58. The maximum absolute atomic E-state index is 12.9. The summed E-state index contributed by atoms with van der Waals surface area (Å²) in [7, 11) is 0. The summed E-state index contributed by atoms with van der Waals surface area (Å²) in [6.45, 7) is 0. The lowest BCUT2D eigenvalue weighted by Gasteiger charge is -2.40. The van der Waals surface area contributed by atoms with E-state index < -0.39 is 47.7 Å². The van der Waals surface area contributed by atoms with Crippen LogP contribution in [0, 0.1) is 0 Å². The third kappa shape index (κ3) is 2.81. The highest BCUT2D eigenvalue weighted by Crippen LogP contribution is 2.62. The van der Waals surface area contributed by atoms with Crippen molar-refractivity contribution in [2.75, 3.05) is 0 Å². The molecule has 0 fully saturated rings. The first-order valence-electron chi connectivity index (χ1n) is 5.18. The Labute approximate surface area is 130 Å². The maximum Gasteiger partial charge on any atom is 0.460 e. The van der Waals surface area contributed by atoms with E-state index in [1.807, 2.05) is 4.89 Å². The van der Waals surface area contributed by atoms with Gasteiger partial charge in [-0.1, -0.05) is 0 Å². The second-order valence-corrected chi connectivity index (χ2v) is 4.32. The van der Waals surface area contributed by atoms with Crippen LogP contribution >= 0.6 is 0 Å². The van der Waals surface area contributed by atoms with E-state index in [0.29, 0.717) is 0 Å². The molecule has 26 heavy (non-hydrogen) atoms. The van der Waals surface area contributed by atoms with E-state index in [4.69, 9.17) is 5.26 Å².